The van der Waals surface area contributed by atoms with Gasteiger partial charge >= 0.3 is 0 Å². The van der Waals surface area contributed by atoms with Crippen LogP contribution in [-0.2, 0) is 16.1 Å². The number of carbonyl (C=O) groups excluding carboxylic acids is 1. The van der Waals surface area contributed by atoms with Gasteiger partial charge in [0.2, 0.25) is 5.91 Å². The van der Waals surface area contributed by atoms with E-state index < -0.39 is 0 Å². The molecule has 1 fully saturated rings. The number of benzene rings is 1. The van der Waals surface area contributed by atoms with Crippen molar-refractivity contribution in [1.82, 2.24) is 20.3 Å². The van der Waals surface area contributed by atoms with Crippen molar-refractivity contribution in [3.05, 3.63) is 34.6 Å². The number of carbonyl (C=O) groups is 1. The van der Waals surface area contributed by atoms with Crippen LogP contribution in [0.4, 0.5) is 0 Å². The number of nitrogens with one attached hydrogen (secondary N) is 1. The van der Waals surface area contributed by atoms with E-state index in [1.165, 1.54) is 19.3 Å². The molecule has 0 radical (unpaired) electrons. The second kappa shape index (κ2) is 8.20. The highest BCUT2D eigenvalue weighted by atomic mass is 16.5. The summed E-state index contributed by atoms with van der Waals surface area (Å²) in [7, 11) is 0. The molecule has 0 spiro atoms. The lowest BCUT2D eigenvalue weighted by atomic mass is 9.88. The van der Waals surface area contributed by atoms with Gasteiger partial charge in [0.15, 0.2) is 0 Å². The molecule has 2 aromatic rings. The summed E-state index contributed by atoms with van der Waals surface area (Å²) in [6.45, 7) is 2.99. The summed E-state index contributed by atoms with van der Waals surface area (Å²) in [5, 5.41) is 11.0. The highest BCUT2D eigenvalue weighted by Crippen LogP contribution is 2.25. The summed E-state index contributed by atoms with van der Waals surface area (Å²) in [4.78, 5) is 24.3. The zero-order chi connectivity index (χ0) is 17.6. The molecule has 1 aliphatic rings. The monoisotopic (exact) mass is 344 g/mol. The van der Waals surface area contributed by atoms with Gasteiger partial charge in [0.05, 0.1) is 18.1 Å². The third-order valence-corrected chi connectivity index (χ3v) is 4.71. The molecule has 1 amide bonds. The number of nitrogens with zero attached hydrogens (tertiary/aromatic N) is 3. The van der Waals surface area contributed by atoms with E-state index in [1.54, 1.807) is 24.3 Å². The Labute approximate surface area is 146 Å². The molecule has 7 heteroatoms. The minimum absolute atomic E-state index is 0.142. The molecule has 1 saturated carbocycles. The molecule has 0 aliphatic heterocycles. The van der Waals surface area contributed by atoms with Gasteiger partial charge in [-0.05, 0) is 30.9 Å². The predicted octanol–water partition coefficient (Wildman–Crippen LogP) is 1.50. The van der Waals surface area contributed by atoms with Crippen molar-refractivity contribution in [2.24, 2.45) is 5.92 Å². The highest BCUT2D eigenvalue weighted by Gasteiger charge is 2.21. The average Bonchev–Trinajstić information content (AvgIpc) is 2.63. The first-order valence-corrected chi connectivity index (χ1v) is 8.86. The van der Waals surface area contributed by atoms with Crippen LogP contribution >= 0.6 is 0 Å². The fourth-order valence-corrected chi connectivity index (χ4v) is 3.25. The molecule has 7 nitrogen and oxygen atoms in total. The summed E-state index contributed by atoms with van der Waals surface area (Å²) >= 11 is 0. The molecule has 1 aliphatic carbocycles. The number of hydrogen-bond donors (Lipinski definition) is 1. The minimum Gasteiger partial charge on any atom is -0.376 e. The summed E-state index contributed by atoms with van der Waals surface area (Å²) in [6, 6.07) is 6.96. The van der Waals surface area contributed by atoms with E-state index in [0.29, 0.717) is 36.1 Å². The Morgan fingerprint density at radius 3 is 2.96 bits per heavy atom. The number of hydrogen-bond acceptors (Lipinski definition) is 5. The van der Waals surface area contributed by atoms with Crippen LogP contribution in [0.5, 0.6) is 0 Å². The standard InChI is InChI=1S/C18H24N4O3/c1-13-6-2-5-9-16(13)25-11-10-19-17(23)12-22-18(24)14-7-3-4-8-15(14)20-21-22/h3-4,7-8,13,16H,2,5-6,9-12H2,1H3,(H,19,23)/t13-,16+/m1/s1. The molecule has 3 rings (SSSR count). The molecule has 1 aromatic carbocycles. The fourth-order valence-electron chi connectivity index (χ4n) is 3.25. The molecule has 134 valence electrons. The second-order valence-corrected chi connectivity index (χ2v) is 6.59. The maximum Gasteiger partial charge on any atom is 0.278 e. The van der Waals surface area contributed by atoms with E-state index in [-0.39, 0.29) is 18.0 Å². The molecule has 1 heterocycles. The van der Waals surface area contributed by atoms with Crippen LogP contribution in [0.1, 0.15) is 32.6 Å². The lowest BCUT2D eigenvalue weighted by molar-refractivity contribution is -0.122. The second-order valence-electron chi connectivity index (χ2n) is 6.59. The van der Waals surface area contributed by atoms with Gasteiger partial charge in [-0.1, -0.05) is 37.1 Å². The zero-order valence-electron chi connectivity index (χ0n) is 14.5. The molecule has 0 bridgehead atoms. The van der Waals surface area contributed by atoms with Gasteiger partial charge in [-0.25, -0.2) is 4.68 Å². The van der Waals surface area contributed by atoms with E-state index in [2.05, 4.69) is 22.6 Å². The van der Waals surface area contributed by atoms with E-state index in [4.69, 9.17) is 4.74 Å². The van der Waals surface area contributed by atoms with E-state index >= 15 is 0 Å². The zero-order valence-corrected chi connectivity index (χ0v) is 14.5. The molecule has 2 atom stereocenters. The van der Waals surface area contributed by atoms with Gasteiger partial charge in [-0.2, -0.15) is 0 Å². The summed E-state index contributed by atoms with van der Waals surface area (Å²) in [5.41, 5.74) is 0.215. The molecule has 0 unspecified atom stereocenters. The van der Waals surface area contributed by atoms with Crippen LogP contribution in [-0.4, -0.2) is 40.2 Å². The number of amides is 1. The van der Waals surface area contributed by atoms with E-state index in [0.717, 1.165) is 11.1 Å². The first-order chi connectivity index (χ1) is 12.1. The molecule has 0 saturated heterocycles. The fraction of sp³-hybridized carbons (Fsp3) is 0.556. The van der Waals surface area contributed by atoms with Crippen molar-refractivity contribution in [1.29, 1.82) is 0 Å². The van der Waals surface area contributed by atoms with E-state index in [1.807, 2.05) is 0 Å². The molecule has 1 N–H and O–H groups in total. The maximum atomic E-state index is 12.3. The number of ether oxygens (including phenoxy) is 1. The van der Waals surface area contributed by atoms with Crippen molar-refractivity contribution < 1.29 is 9.53 Å². The summed E-state index contributed by atoms with van der Waals surface area (Å²) in [6.07, 6.45) is 5.08. The van der Waals surface area contributed by atoms with Crippen LogP contribution in [0.3, 0.4) is 0 Å². The smallest absolute Gasteiger partial charge is 0.278 e. The topological polar surface area (TPSA) is 86.1 Å². The van der Waals surface area contributed by atoms with Crippen molar-refractivity contribution in [2.45, 2.75) is 45.3 Å². The van der Waals surface area contributed by atoms with E-state index in [9.17, 15) is 9.59 Å². The Hall–Kier alpha value is -2.28. The normalized spacial score (nSPS) is 20.5. The number of rotatable bonds is 6. The Morgan fingerprint density at radius 2 is 2.12 bits per heavy atom. The van der Waals surface area contributed by atoms with Crippen LogP contribution < -0.4 is 10.9 Å². The predicted molar refractivity (Wildman–Crippen MR) is 94.2 cm³/mol. The Morgan fingerprint density at radius 1 is 1.32 bits per heavy atom. The first kappa shape index (κ1) is 17.5. The third kappa shape index (κ3) is 4.42. The first-order valence-electron chi connectivity index (χ1n) is 8.86. The van der Waals surface area contributed by atoms with Crippen molar-refractivity contribution >= 4 is 16.8 Å². The Kier molecular flexibility index (Phi) is 5.75. The van der Waals surface area contributed by atoms with Gasteiger partial charge in [-0.3, -0.25) is 9.59 Å². The van der Waals surface area contributed by atoms with Gasteiger partial charge in [0.1, 0.15) is 12.1 Å². The van der Waals surface area contributed by atoms with Crippen LogP contribution in [0, 0.1) is 5.92 Å². The lowest BCUT2D eigenvalue weighted by Crippen LogP contribution is -2.36. The van der Waals surface area contributed by atoms with Crippen LogP contribution in [0.2, 0.25) is 0 Å². The number of fused-ring (bicyclic) bond motifs is 1. The van der Waals surface area contributed by atoms with Gasteiger partial charge in [0, 0.05) is 6.54 Å². The molecular formula is C18H24N4O3. The largest absolute Gasteiger partial charge is 0.376 e. The number of aromatic nitrogens is 3. The molecule has 1 aromatic heterocycles. The van der Waals surface area contributed by atoms with Gasteiger partial charge < -0.3 is 10.1 Å². The average molecular weight is 344 g/mol. The Bertz CT molecular complexity index is 789. The van der Waals surface area contributed by atoms with Crippen LogP contribution in [0.25, 0.3) is 10.9 Å². The highest BCUT2D eigenvalue weighted by molar-refractivity contribution is 5.78. The molecule has 25 heavy (non-hydrogen) atoms. The summed E-state index contributed by atoms with van der Waals surface area (Å²) < 4.78 is 6.95. The lowest BCUT2D eigenvalue weighted by Gasteiger charge is -2.28. The van der Waals surface area contributed by atoms with Gasteiger partial charge in [0.25, 0.3) is 5.56 Å². The van der Waals surface area contributed by atoms with Gasteiger partial charge in [-0.15, -0.1) is 5.10 Å². The maximum absolute atomic E-state index is 12.3. The third-order valence-electron chi connectivity index (χ3n) is 4.71. The Balaban J connectivity index is 1.48. The minimum atomic E-state index is -0.312. The SMILES string of the molecule is C[C@@H]1CCCC[C@@H]1OCCNC(=O)Cn1nnc2ccccc2c1=O. The summed E-state index contributed by atoms with van der Waals surface area (Å²) in [5.74, 6) is 0.308. The van der Waals surface area contributed by atoms with Crippen molar-refractivity contribution in [3.63, 3.8) is 0 Å². The van der Waals surface area contributed by atoms with Crippen LogP contribution in [0.15, 0.2) is 29.1 Å². The quantitative estimate of drug-likeness (QED) is 0.803. The van der Waals surface area contributed by atoms with Crippen molar-refractivity contribution in [2.75, 3.05) is 13.2 Å². The molecular weight excluding hydrogens is 320 g/mol. The van der Waals surface area contributed by atoms with Crippen molar-refractivity contribution in [3.8, 4) is 0 Å².